The van der Waals surface area contributed by atoms with Crippen LogP contribution in [0.3, 0.4) is 0 Å². The average Bonchev–Trinajstić information content (AvgIpc) is 2.91. The van der Waals surface area contributed by atoms with Gasteiger partial charge in [0.2, 0.25) is 0 Å². The number of methoxy groups -OCH3 is 1. The van der Waals surface area contributed by atoms with Gasteiger partial charge >= 0.3 is 0 Å². The summed E-state index contributed by atoms with van der Waals surface area (Å²) < 4.78 is 10.8. The van der Waals surface area contributed by atoms with Crippen molar-refractivity contribution in [3.05, 3.63) is 58.7 Å². The van der Waals surface area contributed by atoms with Gasteiger partial charge in [-0.3, -0.25) is 4.79 Å². The number of carbonyl (C=O) groups is 1. The minimum Gasteiger partial charge on any atom is -0.504 e. The van der Waals surface area contributed by atoms with Crippen LogP contribution < -0.4 is 9.47 Å². The van der Waals surface area contributed by atoms with E-state index in [1.807, 2.05) is 31.2 Å². The third kappa shape index (κ3) is 3.00. The van der Waals surface area contributed by atoms with Crippen molar-refractivity contribution in [1.82, 2.24) is 0 Å². The molecule has 0 aliphatic heterocycles. The molecular formula is C20H20O4. The highest BCUT2D eigenvalue weighted by Gasteiger charge is 2.28. The maximum Gasteiger partial charge on any atom is 0.193 e. The molecule has 4 nitrogen and oxygen atoms in total. The fraction of sp³-hybridized carbons (Fsp3) is 0.250. The maximum atomic E-state index is 12.8. The second-order valence-electron chi connectivity index (χ2n) is 5.75. The smallest absolute Gasteiger partial charge is 0.193 e. The van der Waals surface area contributed by atoms with Crippen molar-refractivity contribution in [2.24, 2.45) is 0 Å². The Balaban J connectivity index is 1.93. The summed E-state index contributed by atoms with van der Waals surface area (Å²) in [7, 11) is 1.50. The van der Waals surface area contributed by atoms with Crippen molar-refractivity contribution in [2.45, 2.75) is 19.8 Å². The molecule has 0 unspecified atom stereocenters. The van der Waals surface area contributed by atoms with Gasteiger partial charge in [-0.1, -0.05) is 25.1 Å². The lowest BCUT2D eigenvalue weighted by atomic mass is 10.1. The molecule has 0 fully saturated rings. The topological polar surface area (TPSA) is 55.8 Å². The van der Waals surface area contributed by atoms with E-state index in [9.17, 15) is 9.90 Å². The number of aromatic hydroxyl groups is 1. The third-order valence-electron chi connectivity index (χ3n) is 4.02. The fourth-order valence-corrected chi connectivity index (χ4v) is 2.86. The van der Waals surface area contributed by atoms with Gasteiger partial charge < -0.3 is 14.6 Å². The molecular weight excluding hydrogens is 304 g/mol. The number of Topliss-reactive ketones (excluding diaryl/α,β-unsaturated/α-hetero) is 1. The minimum absolute atomic E-state index is 0.00347. The molecule has 4 heteroatoms. The quantitative estimate of drug-likeness (QED) is 0.844. The van der Waals surface area contributed by atoms with Gasteiger partial charge in [0.1, 0.15) is 5.75 Å². The van der Waals surface area contributed by atoms with Gasteiger partial charge in [0.25, 0.3) is 0 Å². The zero-order valence-electron chi connectivity index (χ0n) is 13.8. The van der Waals surface area contributed by atoms with E-state index in [4.69, 9.17) is 9.47 Å². The highest BCUT2D eigenvalue weighted by Crippen LogP contribution is 2.35. The summed E-state index contributed by atoms with van der Waals surface area (Å²) in [5, 5.41) is 9.68. The first-order valence-corrected chi connectivity index (χ1v) is 8.01. The fourth-order valence-electron chi connectivity index (χ4n) is 2.86. The Morgan fingerprint density at radius 2 is 2.04 bits per heavy atom. The van der Waals surface area contributed by atoms with Crippen LogP contribution in [0, 0.1) is 0 Å². The van der Waals surface area contributed by atoms with Crippen LogP contribution in [-0.4, -0.2) is 24.6 Å². The Morgan fingerprint density at radius 1 is 1.21 bits per heavy atom. The number of benzene rings is 2. The van der Waals surface area contributed by atoms with E-state index in [1.165, 1.54) is 7.11 Å². The van der Waals surface area contributed by atoms with E-state index in [-0.39, 0.29) is 11.5 Å². The summed E-state index contributed by atoms with van der Waals surface area (Å²) in [5.74, 6) is 1.13. The molecule has 0 saturated carbocycles. The molecule has 1 aliphatic carbocycles. The van der Waals surface area contributed by atoms with Gasteiger partial charge in [0.05, 0.1) is 19.3 Å². The Morgan fingerprint density at radius 3 is 2.79 bits per heavy atom. The van der Waals surface area contributed by atoms with E-state index >= 15 is 0 Å². The van der Waals surface area contributed by atoms with Crippen LogP contribution in [0.25, 0.3) is 6.08 Å². The molecule has 0 aromatic heterocycles. The van der Waals surface area contributed by atoms with Gasteiger partial charge in [-0.15, -0.1) is 0 Å². The summed E-state index contributed by atoms with van der Waals surface area (Å²) in [6.45, 7) is 2.63. The Labute approximate surface area is 141 Å². The molecule has 0 heterocycles. The van der Waals surface area contributed by atoms with Crippen LogP contribution in [0.5, 0.6) is 17.2 Å². The summed E-state index contributed by atoms with van der Waals surface area (Å²) in [5.41, 5.74) is 3.19. The van der Waals surface area contributed by atoms with Gasteiger partial charge in [-0.2, -0.15) is 0 Å². The predicted molar refractivity (Wildman–Crippen MR) is 92.9 cm³/mol. The van der Waals surface area contributed by atoms with E-state index in [0.717, 1.165) is 17.5 Å². The number of allylic oxidation sites excluding steroid dienone is 1. The zero-order chi connectivity index (χ0) is 17.1. The Hall–Kier alpha value is -2.75. The predicted octanol–water partition coefficient (Wildman–Crippen LogP) is 4.01. The van der Waals surface area contributed by atoms with Crippen molar-refractivity contribution in [2.75, 3.05) is 13.7 Å². The van der Waals surface area contributed by atoms with Crippen molar-refractivity contribution in [1.29, 1.82) is 0 Å². The van der Waals surface area contributed by atoms with Crippen LogP contribution in [-0.2, 0) is 6.42 Å². The molecule has 0 radical (unpaired) electrons. The molecule has 0 atom stereocenters. The molecule has 0 saturated heterocycles. The number of phenolic OH excluding ortho intramolecular Hbond substituents is 1. The number of phenols is 1. The molecule has 1 N–H and O–H groups in total. The molecule has 2 aromatic rings. The van der Waals surface area contributed by atoms with Gasteiger partial charge in [0.15, 0.2) is 17.3 Å². The van der Waals surface area contributed by atoms with Gasteiger partial charge in [-0.25, -0.2) is 0 Å². The van der Waals surface area contributed by atoms with Crippen molar-refractivity contribution in [3.8, 4) is 17.2 Å². The third-order valence-corrected chi connectivity index (χ3v) is 4.02. The lowest BCUT2D eigenvalue weighted by Crippen LogP contribution is -2.02. The van der Waals surface area contributed by atoms with Crippen molar-refractivity contribution in [3.63, 3.8) is 0 Å². The van der Waals surface area contributed by atoms with Gasteiger partial charge in [0, 0.05) is 12.0 Å². The van der Waals surface area contributed by atoms with E-state index in [1.54, 1.807) is 18.2 Å². The number of hydrogen-bond acceptors (Lipinski definition) is 4. The first-order chi connectivity index (χ1) is 11.6. The minimum atomic E-state index is 0.00347. The molecule has 1 aliphatic rings. The number of fused-ring (bicyclic) bond motifs is 1. The number of carbonyl (C=O) groups excluding carboxylic acids is 1. The standard InChI is InChI=1S/C20H20O4/c1-3-9-24-17-6-4-5-14-12-15(20(22)19(14)17)10-13-7-8-16(21)18(11-13)23-2/h4-8,10-11,21H,3,9,12H2,1-2H3/b15-10+. The van der Waals surface area contributed by atoms with Gasteiger partial charge in [-0.05, 0) is 41.8 Å². The number of ether oxygens (including phenoxy) is 2. The molecule has 124 valence electrons. The van der Waals surface area contributed by atoms with Crippen LogP contribution >= 0.6 is 0 Å². The Bertz CT molecular complexity index is 805. The maximum absolute atomic E-state index is 12.8. The van der Waals surface area contributed by atoms with Crippen LogP contribution in [0.15, 0.2) is 42.0 Å². The number of ketones is 1. The average molecular weight is 324 g/mol. The normalized spacial score (nSPS) is 14.8. The lowest BCUT2D eigenvalue weighted by Gasteiger charge is -2.08. The molecule has 0 amide bonds. The second-order valence-corrected chi connectivity index (χ2v) is 5.75. The van der Waals surface area contributed by atoms with Crippen molar-refractivity contribution < 1.29 is 19.4 Å². The van der Waals surface area contributed by atoms with E-state index in [0.29, 0.717) is 35.7 Å². The molecule has 24 heavy (non-hydrogen) atoms. The SMILES string of the molecule is CCCOc1cccc2c1C(=O)/C(=C/c1ccc(O)c(OC)c1)C2. The van der Waals surface area contributed by atoms with Crippen LogP contribution in [0.2, 0.25) is 0 Å². The molecule has 2 aromatic carbocycles. The summed E-state index contributed by atoms with van der Waals surface area (Å²) in [6, 6.07) is 10.8. The molecule has 0 bridgehead atoms. The number of rotatable bonds is 5. The molecule has 3 rings (SSSR count). The monoisotopic (exact) mass is 324 g/mol. The largest absolute Gasteiger partial charge is 0.504 e. The first kappa shape index (κ1) is 16.1. The molecule has 0 spiro atoms. The number of hydrogen-bond donors (Lipinski definition) is 1. The second kappa shape index (κ2) is 6.79. The van der Waals surface area contributed by atoms with Crippen LogP contribution in [0.4, 0.5) is 0 Å². The summed E-state index contributed by atoms with van der Waals surface area (Å²) in [6.07, 6.45) is 3.32. The summed E-state index contributed by atoms with van der Waals surface area (Å²) >= 11 is 0. The lowest BCUT2D eigenvalue weighted by molar-refractivity contribution is 0.103. The first-order valence-electron chi connectivity index (χ1n) is 8.01. The van der Waals surface area contributed by atoms with Crippen LogP contribution in [0.1, 0.15) is 34.8 Å². The highest BCUT2D eigenvalue weighted by atomic mass is 16.5. The summed E-state index contributed by atoms with van der Waals surface area (Å²) in [4.78, 5) is 12.8. The van der Waals surface area contributed by atoms with Crippen molar-refractivity contribution >= 4 is 11.9 Å². The Kier molecular flexibility index (Phi) is 4.56. The van der Waals surface area contributed by atoms with E-state index in [2.05, 4.69) is 0 Å². The van der Waals surface area contributed by atoms with E-state index < -0.39 is 0 Å². The zero-order valence-corrected chi connectivity index (χ0v) is 13.8. The highest BCUT2D eigenvalue weighted by molar-refractivity contribution is 6.17.